The van der Waals surface area contributed by atoms with Gasteiger partial charge in [-0.2, -0.15) is 4.98 Å². The Hall–Kier alpha value is -3.16. The van der Waals surface area contributed by atoms with Gasteiger partial charge in [-0.3, -0.25) is 0 Å². The van der Waals surface area contributed by atoms with Gasteiger partial charge in [0.25, 0.3) is 5.71 Å². The summed E-state index contributed by atoms with van der Waals surface area (Å²) in [6.45, 7) is 7.73. The predicted octanol–water partition coefficient (Wildman–Crippen LogP) is 4.26. The second-order valence-corrected chi connectivity index (χ2v) is 8.20. The summed E-state index contributed by atoms with van der Waals surface area (Å²) in [5, 5.41) is 8.21. The Balaban J connectivity index is 1.60. The molecule has 3 aromatic rings. The summed E-state index contributed by atoms with van der Waals surface area (Å²) in [5.74, 6) is 1.64. The van der Waals surface area contributed by atoms with E-state index in [1.165, 1.54) is 0 Å². The van der Waals surface area contributed by atoms with E-state index in [2.05, 4.69) is 34.2 Å². The van der Waals surface area contributed by atoms with Gasteiger partial charge >= 0.3 is 6.03 Å². The number of nitrogens with one attached hydrogen (secondary N) is 1. The van der Waals surface area contributed by atoms with Crippen LogP contribution in [0.15, 0.2) is 34.9 Å². The number of hydrogen-bond acceptors (Lipinski definition) is 6. The molecule has 32 heavy (non-hydrogen) atoms. The SMILES string of the molecule is CCCCNC(=O)N1CCN(c2nc(CCCC)nc3onc(-c4ccccc4)c23)CC1. The summed E-state index contributed by atoms with van der Waals surface area (Å²) in [6.07, 6.45) is 4.98. The first kappa shape index (κ1) is 22.0. The minimum atomic E-state index is 0.0181. The van der Waals surface area contributed by atoms with Gasteiger partial charge < -0.3 is 19.6 Å². The molecule has 8 heteroatoms. The first-order valence-electron chi connectivity index (χ1n) is 11.7. The van der Waals surface area contributed by atoms with Gasteiger partial charge in [-0.25, -0.2) is 9.78 Å². The molecule has 170 valence electrons. The molecule has 3 heterocycles. The standard InChI is InChI=1S/C24H32N6O2/c1-3-5-12-19-26-22(29-14-16-30(17-15-29)24(31)25-13-6-4-2)20-21(28-32-23(20)27-19)18-10-8-7-9-11-18/h7-11H,3-6,12-17H2,1-2H3,(H,25,31). The highest BCUT2D eigenvalue weighted by Gasteiger charge is 2.27. The van der Waals surface area contributed by atoms with Crippen LogP contribution in [0, 0.1) is 0 Å². The van der Waals surface area contributed by atoms with E-state index in [1.807, 2.05) is 35.2 Å². The number of anilines is 1. The molecule has 0 radical (unpaired) electrons. The zero-order valence-electron chi connectivity index (χ0n) is 19.0. The van der Waals surface area contributed by atoms with Crippen LogP contribution in [-0.2, 0) is 6.42 Å². The van der Waals surface area contributed by atoms with Crippen molar-refractivity contribution in [2.45, 2.75) is 46.0 Å². The molecule has 0 spiro atoms. The zero-order chi connectivity index (χ0) is 22.3. The van der Waals surface area contributed by atoms with Gasteiger partial charge in [0.05, 0.1) is 0 Å². The molecule has 1 aliphatic rings. The molecule has 1 aromatic carbocycles. The van der Waals surface area contributed by atoms with Crippen molar-refractivity contribution in [2.24, 2.45) is 0 Å². The number of urea groups is 1. The smallest absolute Gasteiger partial charge is 0.317 e. The summed E-state index contributed by atoms with van der Waals surface area (Å²) in [6, 6.07) is 10.0. The Morgan fingerprint density at radius 3 is 2.50 bits per heavy atom. The fourth-order valence-electron chi connectivity index (χ4n) is 3.95. The van der Waals surface area contributed by atoms with E-state index in [0.717, 1.165) is 66.9 Å². The monoisotopic (exact) mass is 436 g/mol. The van der Waals surface area contributed by atoms with Crippen molar-refractivity contribution in [3.8, 4) is 11.3 Å². The second-order valence-electron chi connectivity index (χ2n) is 8.20. The molecule has 0 aliphatic carbocycles. The summed E-state index contributed by atoms with van der Waals surface area (Å²) >= 11 is 0. The number of carbonyl (C=O) groups is 1. The highest BCUT2D eigenvalue weighted by molar-refractivity contribution is 5.98. The van der Waals surface area contributed by atoms with E-state index in [4.69, 9.17) is 9.51 Å². The van der Waals surface area contributed by atoms with Crippen molar-refractivity contribution in [3.05, 3.63) is 36.2 Å². The lowest BCUT2D eigenvalue weighted by molar-refractivity contribution is 0.194. The number of aryl methyl sites for hydroxylation is 1. The molecule has 2 aromatic heterocycles. The van der Waals surface area contributed by atoms with Crippen LogP contribution in [0.25, 0.3) is 22.4 Å². The largest absolute Gasteiger partial charge is 0.352 e. The number of nitrogens with zero attached hydrogens (tertiary/aromatic N) is 5. The number of fused-ring (bicyclic) bond motifs is 1. The molecule has 0 atom stereocenters. The third kappa shape index (κ3) is 4.84. The first-order valence-corrected chi connectivity index (χ1v) is 11.7. The quantitative estimate of drug-likeness (QED) is 0.531. The van der Waals surface area contributed by atoms with Crippen LogP contribution in [0.5, 0.6) is 0 Å². The number of amides is 2. The van der Waals surface area contributed by atoms with Crippen LogP contribution in [0.4, 0.5) is 10.6 Å². The second kappa shape index (κ2) is 10.4. The van der Waals surface area contributed by atoms with Crippen LogP contribution in [0.3, 0.4) is 0 Å². The number of piperazine rings is 1. The normalized spacial score (nSPS) is 14.2. The molecule has 0 bridgehead atoms. The molecule has 1 N–H and O–H groups in total. The number of benzene rings is 1. The molecular weight excluding hydrogens is 404 g/mol. The fraction of sp³-hybridized carbons (Fsp3) is 0.500. The first-order chi connectivity index (χ1) is 15.7. The predicted molar refractivity (Wildman–Crippen MR) is 126 cm³/mol. The maximum atomic E-state index is 12.4. The molecule has 1 fully saturated rings. The van der Waals surface area contributed by atoms with Crippen LogP contribution in [0.1, 0.15) is 45.4 Å². The van der Waals surface area contributed by atoms with Gasteiger partial charge in [-0.15, -0.1) is 0 Å². The Kier molecular flexibility index (Phi) is 7.19. The van der Waals surface area contributed by atoms with Gasteiger partial charge in [0, 0.05) is 44.7 Å². The van der Waals surface area contributed by atoms with Gasteiger partial charge in [0.15, 0.2) is 0 Å². The van der Waals surface area contributed by atoms with Crippen LogP contribution in [0.2, 0.25) is 0 Å². The zero-order valence-corrected chi connectivity index (χ0v) is 19.0. The van der Waals surface area contributed by atoms with Crippen molar-refractivity contribution >= 4 is 22.9 Å². The maximum absolute atomic E-state index is 12.4. The molecule has 0 unspecified atom stereocenters. The Morgan fingerprint density at radius 2 is 1.78 bits per heavy atom. The van der Waals surface area contributed by atoms with E-state index in [-0.39, 0.29) is 6.03 Å². The Morgan fingerprint density at radius 1 is 1.03 bits per heavy atom. The topological polar surface area (TPSA) is 87.4 Å². The van der Waals surface area contributed by atoms with Gasteiger partial charge in [0.1, 0.15) is 22.7 Å². The van der Waals surface area contributed by atoms with E-state index >= 15 is 0 Å². The van der Waals surface area contributed by atoms with Crippen molar-refractivity contribution in [1.82, 2.24) is 25.3 Å². The average molecular weight is 437 g/mol. The highest BCUT2D eigenvalue weighted by atomic mass is 16.5. The summed E-state index contributed by atoms with van der Waals surface area (Å²) < 4.78 is 5.67. The van der Waals surface area contributed by atoms with E-state index in [1.54, 1.807) is 0 Å². The van der Waals surface area contributed by atoms with Crippen molar-refractivity contribution in [3.63, 3.8) is 0 Å². The number of rotatable bonds is 8. The van der Waals surface area contributed by atoms with E-state index in [0.29, 0.717) is 31.9 Å². The van der Waals surface area contributed by atoms with Crippen LogP contribution in [-0.4, -0.2) is 58.8 Å². The molecule has 0 saturated carbocycles. The fourth-order valence-corrected chi connectivity index (χ4v) is 3.95. The van der Waals surface area contributed by atoms with Gasteiger partial charge in [0.2, 0.25) is 0 Å². The van der Waals surface area contributed by atoms with E-state index in [9.17, 15) is 4.79 Å². The molecule has 1 aliphatic heterocycles. The van der Waals surface area contributed by atoms with Gasteiger partial charge in [-0.05, 0) is 12.8 Å². The molecule has 2 amide bonds. The third-order valence-electron chi connectivity index (χ3n) is 5.84. The molecule has 8 nitrogen and oxygen atoms in total. The van der Waals surface area contributed by atoms with Crippen molar-refractivity contribution in [1.29, 1.82) is 0 Å². The highest BCUT2D eigenvalue weighted by Crippen LogP contribution is 2.34. The van der Waals surface area contributed by atoms with Crippen molar-refractivity contribution in [2.75, 3.05) is 37.6 Å². The van der Waals surface area contributed by atoms with Crippen LogP contribution >= 0.6 is 0 Å². The minimum absolute atomic E-state index is 0.0181. The summed E-state index contributed by atoms with van der Waals surface area (Å²) in [7, 11) is 0. The van der Waals surface area contributed by atoms with Crippen LogP contribution < -0.4 is 10.2 Å². The number of hydrogen-bond donors (Lipinski definition) is 1. The number of aromatic nitrogens is 3. The Bertz CT molecular complexity index is 1030. The number of unbranched alkanes of at least 4 members (excludes halogenated alkanes) is 2. The lowest BCUT2D eigenvalue weighted by Crippen LogP contribution is -2.52. The van der Waals surface area contributed by atoms with Crippen molar-refractivity contribution < 1.29 is 9.32 Å². The number of carbonyl (C=O) groups excluding carboxylic acids is 1. The maximum Gasteiger partial charge on any atom is 0.317 e. The average Bonchev–Trinajstić information content (AvgIpc) is 3.27. The lowest BCUT2D eigenvalue weighted by atomic mass is 10.1. The van der Waals surface area contributed by atoms with E-state index < -0.39 is 0 Å². The molecule has 1 saturated heterocycles. The molecule has 4 rings (SSSR count). The van der Waals surface area contributed by atoms with Gasteiger partial charge in [-0.1, -0.05) is 62.2 Å². The third-order valence-corrected chi connectivity index (χ3v) is 5.84. The summed E-state index contributed by atoms with van der Waals surface area (Å²) in [5.41, 5.74) is 2.27. The summed E-state index contributed by atoms with van der Waals surface area (Å²) in [4.78, 5) is 26.2. The lowest BCUT2D eigenvalue weighted by Gasteiger charge is -2.35. The Labute approximate surface area is 189 Å². The molecular formula is C24H32N6O2. The minimum Gasteiger partial charge on any atom is -0.352 e.